The zero-order valence-electron chi connectivity index (χ0n) is 12.2. The van der Waals surface area contributed by atoms with E-state index < -0.39 is 17.7 Å². The smallest absolute Gasteiger partial charge is 0.131 e. The minimum Gasteiger partial charge on any atom is -0.462 e. The lowest BCUT2D eigenvalue weighted by atomic mass is 10.0. The molecule has 1 N–H and O–H groups in total. The summed E-state index contributed by atoms with van der Waals surface area (Å²) in [4.78, 5) is 0. The molecule has 0 fully saturated rings. The Morgan fingerprint density at radius 2 is 1.90 bits per heavy atom. The summed E-state index contributed by atoms with van der Waals surface area (Å²) in [6.07, 6.45) is 0.845. The van der Waals surface area contributed by atoms with E-state index in [1.54, 1.807) is 19.2 Å². The summed E-state index contributed by atoms with van der Waals surface area (Å²) in [6, 6.07) is 6.66. The highest BCUT2D eigenvalue weighted by atomic mass is 19.1. The summed E-state index contributed by atoms with van der Waals surface area (Å²) in [5, 5.41) is 3.12. The van der Waals surface area contributed by atoms with Crippen molar-refractivity contribution >= 4 is 0 Å². The SMILES string of the molecule is CCCNC(c1ccc(COC)o1)c1c(F)cccc1F. The first-order chi connectivity index (χ1) is 10.2. The fourth-order valence-corrected chi connectivity index (χ4v) is 2.19. The van der Waals surface area contributed by atoms with Crippen molar-refractivity contribution in [3.63, 3.8) is 0 Å². The van der Waals surface area contributed by atoms with Crippen molar-refractivity contribution in [3.8, 4) is 0 Å². The molecule has 5 heteroatoms. The van der Waals surface area contributed by atoms with Gasteiger partial charge in [-0.05, 0) is 37.2 Å². The van der Waals surface area contributed by atoms with E-state index in [1.807, 2.05) is 6.92 Å². The Hall–Kier alpha value is -1.72. The average molecular weight is 295 g/mol. The van der Waals surface area contributed by atoms with E-state index in [4.69, 9.17) is 9.15 Å². The second-order valence-electron chi connectivity index (χ2n) is 4.76. The van der Waals surface area contributed by atoms with Crippen LogP contribution in [0.15, 0.2) is 34.7 Å². The van der Waals surface area contributed by atoms with Crippen LogP contribution in [0.25, 0.3) is 0 Å². The lowest BCUT2D eigenvalue weighted by molar-refractivity contribution is 0.161. The van der Waals surface area contributed by atoms with E-state index in [9.17, 15) is 8.78 Å². The van der Waals surface area contributed by atoms with Gasteiger partial charge >= 0.3 is 0 Å². The molecule has 1 unspecified atom stereocenters. The molecule has 0 spiro atoms. The van der Waals surface area contributed by atoms with Gasteiger partial charge in [-0.1, -0.05) is 13.0 Å². The van der Waals surface area contributed by atoms with Crippen molar-refractivity contribution in [1.29, 1.82) is 0 Å². The molecule has 1 heterocycles. The Bertz CT molecular complexity index is 563. The number of hydrogen-bond acceptors (Lipinski definition) is 3. The molecule has 0 bridgehead atoms. The monoisotopic (exact) mass is 295 g/mol. The van der Waals surface area contributed by atoms with Gasteiger partial charge < -0.3 is 14.5 Å². The highest BCUT2D eigenvalue weighted by Gasteiger charge is 2.24. The van der Waals surface area contributed by atoms with Crippen LogP contribution in [0.1, 0.15) is 36.5 Å². The Kier molecular flexibility index (Phi) is 5.47. The first kappa shape index (κ1) is 15.7. The minimum absolute atomic E-state index is 0.0238. The lowest BCUT2D eigenvalue weighted by Gasteiger charge is -2.18. The second-order valence-corrected chi connectivity index (χ2v) is 4.76. The number of halogens is 2. The molecular formula is C16H19F2NO2. The third-order valence-corrected chi connectivity index (χ3v) is 3.14. The van der Waals surface area contributed by atoms with Crippen LogP contribution >= 0.6 is 0 Å². The fourth-order valence-electron chi connectivity index (χ4n) is 2.19. The summed E-state index contributed by atoms with van der Waals surface area (Å²) >= 11 is 0. The predicted molar refractivity (Wildman–Crippen MR) is 75.9 cm³/mol. The summed E-state index contributed by atoms with van der Waals surface area (Å²) in [5.74, 6) is -0.0892. The first-order valence-electron chi connectivity index (χ1n) is 6.92. The molecule has 2 aromatic rings. The van der Waals surface area contributed by atoms with Gasteiger partial charge in [-0.25, -0.2) is 8.78 Å². The number of furan rings is 1. The van der Waals surface area contributed by atoms with Gasteiger partial charge in [-0.3, -0.25) is 0 Å². The number of hydrogen-bond donors (Lipinski definition) is 1. The molecule has 0 aliphatic heterocycles. The van der Waals surface area contributed by atoms with E-state index >= 15 is 0 Å². The molecule has 3 nitrogen and oxygen atoms in total. The Labute approximate surface area is 122 Å². The number of methoxy groups -OCH3 is 1. The number of nitrogens with one attached hydrogen (secondary N) is 1. The van der Waals surface area contributed by atoms with Crippen LogP contribution in [0.2, 0.25) is 0 Å². The molecule has 0 radical (unpaired) electrons. The van der Waals surface area contributed by atoms with Crippen molar-refractivity contribution < 1.29 is 17.9 Å². The molecule has 114 valence electrons. The molecule has 21 heavy (non-hydrogen) atoms. The molecule has 0 saturated heterocycles. The predicted octanol–water partition coefficient (Wildman–Crippen LogP) is 3.79. The highest BCUT2D eigenvalue weighted by molar-refractivity contribution is 5.30. The van der Waals surface area contributed by atoms with Crippen LogP contribution in [0, 0.1) is 11.6 Å². The van der Waals surface area contributed by atoms with Crippen LogP contribution in [-0.2, 0) is 11.3 Å². The minimum atomic E-state index is -0.656. The van der Waals surface area contributed by atoms with Crippen LogP contribution in [0.3, 0.4) is 0 Å². The van der Waals surface area contributed by atoms with Gasteiger partial charge in [0.2, 0.25) is 0 Å². The van der Waals surface area contributed by atoms with Crippen LogP contribution in [-0.4, -0.2) is 13.7 Å². The van der Waals surface area contributed by atoms with Crippen molar-refractivity contribution in [1.82, 2.24) is 5.32 Å². The van der Waals surface area contributed by atoms with Crippen LogP contribution in [0.5, 0.6) is 0 Å². The van der Waals surface area contributed by atoms with E-state index in [2.05, 4.69) is 5.32 Å². The van der Waals surface area contributed by atoms with E-state index in [0.717, 1.165) is 6.42 Å². The average Bonchev–Trinajstić information content (AvgIpc) is 2.91. The van der Waals surface area contributed by atoms with Gasteiger partial charge in [0.05, 0.1) is 6.04 Å². The standard InChI is InChI=1S/C16H19F2NO2/c1-3-9-19-16(14-8-7-11(21-14)10-20-2)15-12(17)5-4-6-13(15)18/h4-8,16,19H,3,9-10H2,1-2H3. The summed E-state index contributed by atoms with van der Waals surface area (Å²) in [7, 11) is 1.56. The van der Waals surface area contributed by atoms with Crippen molar-refractivity contribution in [3.05, 3.63) is 59.1 Å². The van der Waals surface area contributed by atoms with Crippen molar-refractivity contribution in [2.45, 2.75) is 26.0 Å². The third kappa shape index (κ3) is 3.68. The topological polar surface area (TPSA) is 34.4 Å². The molecule has 1 atom stereocenters. The molecule has 0 saturated carbocycles. The molecule has 0 amide bonds. The summed E-state index contributed by atoms with van der Waals surface area (Å²) in [5.41, 5.74) is -0.0238. The molecule has 1 aromatic heterocycles. The van der Waals surface area contributed by atoms with Gasteiger partial charge in [-0.2, -0.15) is 0 Å². The Morgan fingerprint density at radius 1 is 1.19 bits per heavy atom. The van der Waals surface area contributed by atoms with E-state index in [1.165, 1.54) is 18.2 Å². The van der Waals surface area contributed by atoms with Gasteiger partial charge in [0, 0.05) is 12.7 Å². The van der Waals surface area contributed by atoms with E-state index in [0.29, 0.717) is 24.7 Å². The van der Waals surface area contributed by atoms with Gasteiger partial charge in [0.15, 0.2) is 0 Å². The Morgan fingerprint density at radius 3 is 2.52 bits per heavy atom. The second kappa shape index (κ2) is 7.33. The van der Waals surface area contributed by atoms with Gasteiger partial charge in [0.25, 0.3) is 0 Å². The maximum absolute atomic E-state index is 14.0. The fraction of sp³-hybridized carbons (Fsp3) is 0.375. The maximum atomic E-state index is 14.0. The normalized spacial score (nSPS) is 12.6. The number of benzene rings is 1. The summed E-state index contributed by atoms with van der Waals surface area (Å²) in [6.45, 7) is 2.93. The zero-order chi connectivity index (χ0) is 15.2. The third-order valence-electron chi connectivity index (χ3n) is 3.14. The largest absolute Gasteiger partial charge is 0.462 e. The van der Waals surface area contributed by atoms with Crippen molar-refractivity contribution in [2.24, 2.45) is 0 Å². The zero-order valence-corrected chi connectivity index (χ0v) is 12.2. The molecule has 1 aromatic carbocycles. The molecule has 0 aliphatic carbocycles. The van der Waals surface area contributed by atoms with Crippen LogP contribution < -0.4 is 5.32 Å². The van der Waals surface area contributed by atoms with Gasteiger partial charge in [-0.15, -0.1) is 0 Å². The number of ether oxygens (including phenoxy) is 1. The Balaban J connectivity index is 2.37. The quantitative estimate of drug-likeness (QED) is 0.844. The van der Waals surface area contributed by atoms with Crippen LogP contribution in [0.4, 0.5) is 8.78 Å². The number of rotatable bonds is 7. The molecule has 2 rings (SSSR count). The molecular weight excluding hydrogens is 276 g/mol. The lowest BCUT2D eigenvalue weighted by Crippen LogP contribution is -2.24. The highest BCUT2D eigenvalue weighted by Crippen LogP contribution is 2.28. The maximum Gasteiger partial charge on any atom is 0.131 e. The van der Waals surface area contributed by atoms with E-state index in [-0.39, 0.29) is 5.56 Å². The molecule has 0 aliphatic rings. The van der Waals surface area contributed by atoms with Crippen molar-refractivity contribution in [2.75, 3.05) is 13.7 Å². The van der Waals surface area contributed by atoms with Gasteiger partial charge in [0.1, 0.15) is 29.8 Å². The summed E-state index contributed by atoms with van der Waals surface area (Å²) < 4.78 is 38.7. The first-order valence-corrected chi connectivity index (χ1v) is 6.92.